The van der Waals surface area contributed by atoms with E-state index in [-0.39, 0.29) is 29.6 Å². The first kappa shape index (κ1) is 28.5. The summed E-state index contributed by atoms with van der Waals surface area (Å²) in [5.41, 5.74) is 4.10. The Morgan fingerprint density at radius 2 is 1.54 bits per heavy atom. The Kier molecular flexibility index (Phi) is 8.57. The van der Waals surface area contributed by atoms with Crippen molar-refractivity contribution in [3.63, 3.8) is 0 Å². The second-order valence-corrected chi connectivity index (χ2v) is 11.5. The van der Waals surface area contributed by atoms with E-state index in [1.165, 1.54) is 18.2 Å². The van der Waals surface area contributed by atoms with Gasteiger partial charge in [0.2, 0.25) is 0 Å². The van der Waals surface area contributed by atoms with Crippen molar-refractivity contribution < 1.29 is 30.0 Å². The summed E-state index contributed by atoms with van der Waals surface area (Å²) >= 11 is 7.04. The number of phenolic OH excluding ortho intramolecular Hbond substituents is 3. The van der Waals surface area contributed by atoms with Crippen LogP contribution in [0.5, 0.6) is 28.7 Å². The monoisotopic (exact) mass is 654 g/mol. The molecule has 4 aromatic rings. The molecule has 0 radical (unpaired) electrons. The fourth-order valence-corrected chi connectivity index (χ4v) is 6.07. The van der Waals surface area contributed by atoms with Crippen molar-refractivity contribution in [1.82, 2.24) is 0 Å². The molecule has 4 N–H and O–H groups in total. The van der Waals surface area contributed by atoms with E-state index in [2.05, 4.69) is 31.9 Å². The Labute approximate surface area is 243 Å². The number of aromatic hydroxyl groups is 3. The highest BCUT2D eigenvalue weighted by Gasteiger charge is 2.27. The molecule has 0 aliphatic heterocycles. The molecule has 8 heteroatoms. The van der Waals surface area contributed by atoms with E-state index >= 15 is 0 Å². The molecule has 0 fully saturated rings. The summed E-state index contributed by atoms with van der Waals surface area (Å²) in [7, 11) is 0. The van der Waals surface area contributed by atoms with Crippen LogP contribution in [0, 0.1) is 6.92 Å². The molecule has 0 saturated heterocycles. The first-order valence-electron chi connectivity index (χ1n) is 12.3. The minimum absolute atomic E-state index is 0.00884. The fraction of sp³-hybridized carbons (Fsp3) is 0.194. The molecule has 0 aromatic heterocycles. The maximum atomic E-state index is 11.2. The lowest BCUT2D eigenvalue weighted by atomic mass is 9.82. The molecule has 1 unspecified atom stereocenters. The molecule has 6 nitrogen and oxygen atoms in total. The highest BCUT2D eigenvalue weighted by Crippen LogP contribution is 2.48. The number of aryl methyl sites for hydroxylation is 1. The van der Waals surface area contributed by atoms with Gasteiger partial charge >= 0.3 is 5.97 Å². The SMILES string of the molecule is Cc1cccc(C(c2cc(O)ccc2O)c2cc(O)c(C(C)C)cc2Oc2c(Br)cc(CC(=O)O)cc2Br)c1. The molecule has 1 atom stereocenters. The molecule has 39 heavy (non-hydrogen) atoms. The number of benzene rings is 4. The Bertz CT molecular complexity index is 1520. The first-order chi connectivity index (χ1) is 18.4. The second-order valence-electron chi connectivity index (χ2n) is 9.75. The molecule has 0 spiro atoms. The molecule has 0 amide bonds. The van der Waals surface area contributed by atoms with Gasteiger partial charge in [-0.3, -0.25) is 4.79 Å². The van der Waals surface area contributed by atoms with E-state index in [1.54, 1.807) is 24.3 Å². The van der Waals surface area contributed by atoms with Crippen molar-refractivity contribution in [3.8, 4) is 28.7 Å². The molecule has 4 rings (SSSR count). The van der Waals surface area contributed by atoms with Crippen molar-refractivity contribution in [2.75, 3.05) is 0 Å². The molecule has 0 heterocycles. The largest absolute Gasteiger partial charge is 0.508 e. The maximum Gasteiger partial charge on any atom is 0.307 e. The fourth-order valence-electron chi connectivity index (χ4n) is 4.62. The Morgan fingerprint density at radius 1 is 0.846 bits per heavy atom. The number of carboxylic acid groups (broad SMARTS) is 1. The van der Waals surface area contributed by atoms with Gasteiger partial charge in [0.05, 0.1) is 15.4 Å². The van der Waals surface area contributed by atoms with Gasteiger partial charge in [-0.15, -0.1) is 0 Å². The number of hydrogen-bond acceptors (Lipinski definition) is 5. The third-order valence-electron chi connectivity index (χ3n) is 6.42. The predicted molar refractivity (Wildman–Crippen MR) is 157 cm³/mol. The Hall–Kier alpha value is -3.49. The van der Waals surface area contributed by atoms with Crippen molar-refractivity contribution in [2.24, 2.45) is 0 Å². The summed E-state index contributed by atoms with van der Waals surface area (Å²) in [5, 5.41) is 41.5. The summed E-state index contributed by atoms with van der Waals surface area (Å²) < 4.78 is 7.60. The van der Waals surface area contributed by atoms with Crippen molar-refractivity contribution in [3.05, 3.63) is 109 Å². The van der Waals surface area contributed by atoms with E-state index in [1.807, 2.05) is 45.0 Å². The molecule has 0 saturated carbocycles. The number of ether oxygens (including phenoxy) is 1. The van der Waals surface area contributed by atoms with Crippen LogP contribution in [0.3, 0.4) is 0 Å². The zero-order chi connectivity index (χ0) is 28.4. The molecule has 0 aliphatic carbocycles. The average molecular weight is 656 g/mol. The molecular weight excluding hydrogens is 628 g/mol. The number of aliphatic carboxylic acids is 1. The topological polar surface area (TPSA) is 107 Å². The maximum absolute atomic E-state index is 11.2. The number of rotatable bonds is 8. The first-order valence-corrected chi connectivity index (χ1v) is 13.9. The standard InChI is InChI=1S/C31H28Br2O6/c1-16(2)21-15-28(39-31-24(32)10-18(11-25(31)33)12-29(37)38)23(14-27(21)36)30(19-6-4-5-17(3)9-19)22-13-20(34)7-8-26(22)35/h4-11,13-16,30,34-36H,12H2,1-3H3,(H,37,38). The van der Waals surface area contributed by atoms with Gasteiger partial charge in [0.25, 0.3) is 0 Å². The summed E-state index contributed by atoms with van der Waals surface area (Å²) in [6, 6.07) is 18.9. The van der Waals surface area contributed by atoms with Gasteiger partial charge in [-0.25, -0.2) is 0 Å². The van der Waals surface area contributed by atoms with Crippen LogP contribution >= 0.6 is 31.9 Å². The van der Waals surface area contributed by atoms with Gasteiger partial charge in [-0.1, -0.05) is 43.7 Å². The summed E-state index contributed by atoms with van der Waals surface area (Å²) in [6.07, 6.45) is -0.147. The highest BCUT2D eigenvalue weighted by atomic mass is 79.9. The van der Waals surface area contributed by atoms with Gasteiger partial charge in [-0.2, -0.15) is 0 Å². The van der Waals surface area contributed by atoms with E-state index in [9.17, 15) is 25.2 Å². The summed E-state index contributed by atoms with van der Waals surface area (Å²) in [5.74, 6) is -0.660. The van der Waals surface area contributed by atoms with Crippen LogP contribution < -0.4 is 4.74 Å². The smallest absolute Gasteiger partial charge is 0.307 e. The van der Waals surface area contributed by atoms with Gasteiger partial charge < -0.3 is 25.2 Å². The Morgan fingerprint density at radius 3 is 2.15 bits per heavy atom. The van der Waals surface area contributed by atoms with Crippen LogP contribution in [-0.4, -0.2) is 26.4 Å². The number of halogens is 2. The lowest BCUT2D eigenvalue weighted by Gasteiger charge is -2.25. The van der Waals surface area contributed by atoms with E-state index in [0.29, 0.717) is 42.7 Å². The minimum atomic E-state index is -0.947. The summed E-state index contributed by atoms with van der Waals surface area (Å²) in [4.78, 5) is 11.2. The number of carbonyl (C=O) groups is 1. The zero-order valence-electron chi connectivity index (χ0n) is 21.6. The van der Waals surface area contributed by atoms with Crippen LogP contribution in [0.2, 0.25) is 0 Å². The Balaban J connectivity index is 1.97. The quantitative estimate of drug-likeness (QED) is 0.112. The number of phenols is 3. The highest BCUT2D eigenvalue weighted by molar-refractivity contribution is 9.11. The van der Waals surface area contributed by atoms with Gasteiger partial charge in [0, 0.05) is 22.6 Å². The second kappa shape index (κ2) is 11.7. The van der Waals surface area contributed by atoms with Crippen LogP contribution in [0.1, 0.15) is 59.1 Å². The molecule has 202 valence electrons. The molecular formula is C31H28Br2O6. The van der Waals surface area contributed by atoms with Crippen LogP contribution in [0.15, 0.2) is 75.7 Å². The third-order valence-corrected chi connectivity index (χ3v) is 7.59. The van der Waals surface area contributed by atoms with Crippen molar-refractivity contribution in [1.29, 1.82) is 0 Å². The van der Waals surface area contributed by atoms with E-state index < -0.39 is 11.9 Å². The normalized spacial score (nSPS) is 11.9. The predicted octanol–water partition coefficient (Wildman–Crippen LogP) is 8.36. The van der Waals surface area contributed by atoms with E-state index in [0.717, 1.165) is 11.1 Å². The molecule has 0 aliphatic rings. The van der Waals surface area contributed by atoms with Crippen molar-refractivity contribution >= 4 is 37.8 Å². The van der Waals surface area contributed by atoms with Crippen molar-refractivity contribution in [2.45, 2.75) is 39.0 Å². The zero-order valence-corrected chi connectivity index (χ0v) is 24.7. The van der Waals surface area contributed by atoms with E-state index in [4.69, 9.17) is 4.74 Å². The van der Waals surface area contributed by atoms with Gasteiger partial charge in [0.1, 0.15) is 23.0 Å². The number of hydrogen-bond donors (Lipinski definition) is 4. The minimum Gasteiger partial charge on any atom is -0.508 e. The third kappa shape index (κ3) is 6.40. The lowest BCUT2D eigenvalue weighted by molar-refractivity contribution is -0.136. The van der Waals surface area contributed by atoms with Crippen LogP contribution in [0.4, 0.5) is 0 Å². The van der Waals surface area contributed by atoms with Crippen LogP contribution in [0.25, 0.3) is 0 Å². The number of carboxylic acids is 1. The van der Waals surface area contributed by atoms with Gasteiger partial charge in [-0.05, 0) is 98.3 Å². The summed E-state index contributed by atoms with van der Waals surface area (Å²) in [6.45, 7) is 5.89. The molecule has 4 aromatic carbocycles. The average Bonchev–Trinajstić information content (AvgIpc) is 2.84. The molecule has 0 bridgehead atoms. The van der Waals surface area contributed by atoms with Gasteiger partial charge in [0.15, 0.2) is 5.75 Å². The lowest BCUT2D eigenvalue weighted by Crippen LogP contribution is -2.08. The van der Waals surface area contributed by atoms with Crippen LogP contribution in [-0.2, 0) is 11.2 Å².